The quantitative estimate of drug-likeness (QED) is 0.674. The Morgan fingerprint density at radius 3 is 2.38 bits per heavy atom. The normalized spacial score (nSPS) is 12.9. The molecule has 0 aliphatic carbocycles. The Morgan fingerprint density at radius 2 is 1.86 bits per heavy atom. The fourth-order valence-corrected chi connectivity index (χ4v) is 2.75. The van der Waals surface area contributed by atoms with Gasteiger partial charge in [0.1, 0.15) is 22.6 Å². The number of benzene rings is 1. The van der Waals surface area contributed by atoms with Gasteiger partial charge >= 0.3 is 11.9 Å². The summed E-state index contributed by atoms with van der Waals surface area (Å²) < 4.78 is 51.7. The van der Waals surface area contributed by atoms with Crippen LogP contribution >= 0.6 is 0 Å². The highest BCUT2D eigenvalue weighted by molar-refractivity contribution is 7.89. The average molecular weight is 323 g/mol. The van der Waals surface area contributed by atoms with E-state index in [1.807, 2.05) is 0 Å². The summed E-state index contributed by atoms with van der Waals surface area (Å²) in [5, 5.41) is 17.3. The van der Waals surface area contributed by atoms with Gasteiger partial charge in [0.05, 0.1) is 0 Å². The third kappa shape index (κ3) is 4.76. The lowest BCUT2D eigenvalue weighted by Gasteiger charge is -2.14. The van der Waals surface area contributed by atoms with Gasteiger partial charge in [-0.3, -0.25) is 9.59 Å². The van der Waals surface area contributed by atoms with Crippen LogP contribution < -0.4 is 4.72 Å². The molecule has 3 N–H and O–H groups in total. The first-order chi connectivity index (χ1) is 9.63. The first-order valence-corrected chi connectivity index (χ1v) is 7.04. The lowest BCUT2D eigenvalue weighted by atomic mass is 10.2. The second-order valence-electron chi connectivity index (χ2n) is 4.02. The number of carboxylic acids is 2. The standard InChI is InChI=1S/C11H11F2NO6S/c12-6-1-2-7(13)9(5-6)21(19,20)14-8(11(17)18)3-4-10(15)16/h1-2,5,8,14H,3-4H2,(H,15,16)(H,17,18)/t8-/m0/s1. The monoisotopic (exact) mass is 323 g/mol. The molecule has 0 aliphatic heterocycles. The molecule has 0 aromatic heterocycles. The van der Waals surface area contributed by atoms with Crippen LogP contribution in [-0.4, -0.2) is 36.6 Å². The van der Waals surface area contributed by atoms with Gasteiger partial charge in [-0.25, -0.2) is 17.2 Å². The molecule has 0 saturated carbocycles. The van der Waals surface area contributed by atoms with Gasteiger partial charge in [-0.05, 0) is 24.6 Å². The van der Waals surface area contributed by atoms with Crippen molar-refractivity contribution in [1.29, 1.82) is 0 Å². The predicted molar refractivity (Wildman–Crippen MR) is 65.0 cm³/mol. The molecule has 116 valence electrons. The summed E-state index contributed by atoms with van der Waals surface area (Å²) >= 11 is 0. The van der Waals surface area contributed by atoms with Gasteiger partial charge in [0.25, 0.3) is 0 Å². The molecule has 0 fully saturated rings. The molecule has 1 aromatic rings. The van der Waals surface area contributed by atoms with E-state index in [0.717, 1.165) is 0 Å². The lowest BCUT2D eigenvalue weighted by molar-refractivity contribution is -0.140. The molecule has 0 radical (unpaired) electrons. The number of carboxylic acid groups (broad SMARTS) is 2. The van der Waals surface area contributed by atoms with Crippen LogP contribution in [-0.2, 0) is 19.6 Å². The highest BCUT2D eigenvalue weighted by Crippen LogP contribution is 2.16. The van der Waals surface area contributed by atoms with Crippen molar-refractivity contribution < 1.29 is 37.0 Å². The van der Waals surface area contributed by atoms with Gasteiger partial charge in [-0.15, -0.1) is 0 Å². The molecule has 7 nitrogen and oxygen atoms in total. The van der Waals surface area contributed by atoms with Gasteiger partial charge in [-0.2, -0.15) is 4.72 Å². The third-order valence-corrected chi connectivity index (χ3v) is 3.91. The summed E-state index contributed by atoms with van der Waals surface area (Å²) in [5.41, 5.74) is 0. The van der Waals surface area contributed by atoms with Crippen LogP contribution in [0.2, 0.25) is 0 Å². The van der Waals surface area contributed by atoms with E-state index in [2.05, 4.69) is 0 Å². The molecule has 21 heavy (non-hydrogen) atoms. The fraction of sp³-hybridized carbons (Fsp3) is 0.273. The summed E-state index contributed by atoms with van der Waals surface area (Å²) in [6.45, 7) is 0. The Labute approximate surface area is 118 Å². The maximum Gasteiger partial charge on any atom is 0.321 e. The van der Waals surface area contributed by atoms with Crippen LogP contribution in [0.4, 0.5) is 8.78 Å². The van der Waals surface area contributed by atoms with Crippen molar-refractivity contribution in [3.63, 3.8) is 0 Å². The van der Waals surface area contributed by atoms with Crippen LogP contribution in [0, 0.1) is 11.6 Å². The minimum absolute atomic E-state index is 0.397. The Bertz CT molecular complexity index is 661. The second-order valence-corrected chi connectivity index (χ2v) is 5.70. The van der Waals surface area contributed by atoms with Crippen LogP contribution in [0.3, 0.4) is 0 Å². The Morgan fingerprint density at radius 1 is 1.24 bits per heavy atom. The van der Waals surface area contributed by atoms with E-state index in [0.29, 0.717) is 18.2 Å². The number of rotatable bonds is 7. The zero-order chi connectivity index (χ0) is 16.2. The van der Waals surface area contributed by atoms with E-state index >= 15 is 0 Å². The summed E-state index contributed by atoms with van der Waals surface area (Å²) in [4.78, 5) is 20.2. The van der Waals surface area contributed by atoms with E-state index < -0.39 is 57.4 Å². The molecule has 0 saturated heterocycles. The highest BCUT2D eigenvalue weighted by atomic mass is 32.2. The maximum absolute atomic E-state index is 13.4. The van der Waals surface area contributed by atoms with Crippen LogP contribution in [0.1, 0.15) is 12.8 Å². The Hall–Kier alpha value is -2.07. The van der Waals surface area contributed by atoms with Crippen molar-refractivity contribution in [3.05, 3.63) is 29.8 Å². The highest BCUT2D eigenvalue weighted by Gasteiger charge is 2.28. The van der Waals surface area contributed by atoms with Gasteiger partial charge in [0.2, 0.25) is 10.0 Å². The number of carbonyl (C=O) groups is 2. The summed E-state index contributed by atoms with van der Waals surface area (Å²) in [7, 11) is -4.64. The maximum atomic E-state index is 13.4. The Balaban J connectivity index is 3.03. The van der Waals surface area contributed by atoms with E-state index in [9.17, 15) is 26.8 Å². The van der Waals surface area contributed by atoms with Crippen LogP contribution in [0.5, 0.6) is 0 Å². The minimum atomic E-state index is -4.64. The van der Waals surface area contributed by atoms with E-state index in [-0.39, 0.29) is 0 Å². The van der Waals surface area contributed by atoms with Crippen molar-refractivity contribution in [2.75, 3.05) is 0 Å². The van der Waals surface area contributed by atoms with Gasteiger partial charge in [-0.1, -0.05) is 0 Å². The first-order valence-electron chi connectivity index (χ1n) is 5.55. The average Bonchev–Trinajstić information content (AvgIpc) is 2.36. The Kier molecular flexibility index (Phi) is 5.33. The molecule has 1 atom stereocenters. The van der Waals surface area contributed by atoms with Gasteiger partial charge in [0, 0.05) is 6.42 Å². The molecule has 0 amide bonds. The smallest absolute Gasteiger partial charge is 0.321 e. The molecular weight excluding hydrogens is 312 g/mol. The lowest BCUT2D eigenvalue weighted by Crippen LogP contribution is -2.41. The third-order valence-electron chi connectivity index (χ3n) is 2.43. The van der Waals surface area contributed by atoms with Crippen LogP contribution in [0.15, 0.2) is 23.1 Å². The summed E-state index contributed by atoms with van der Waals surface area (Å²) in [5.74, 6) is -5.23. The molecule has 10 heteroatoms. The number of sulfonamides is 1. The molecule has 1 rings (SSSR count). The van der Waals surface area contributed by atoms with Crippen molar-refractivity contribution in [1.82, 2.24) is 4.72 Å². The summed E-state index contributed by atoms with van der Waals surface area (Å²) in [6, 6.07) is -0.0909. The molecule has 1 aromatic carbocycles. The number of nitrogens with one attached hydrogen (secondary N) is 1. The fourth-order valence-electron chi connectivity index (χ4n) is 1.43. The topological polar surface area (TPSA) is 121 Å². The van der Waals surface area contributed by atoms with Gasteiger partial charge < -0.3 is 10.2 Å². The molecule has 0 bridgehead atoms. The number of hydrogen-bond donors (Lipinski definition) is 3. The molecule has 0 heterocycles. The molecular formula is C11H11F2NO6S. The number of aliphatic carboxylic acids is 2. The van der Waals surface area contributed by atoms with Crippen molar-refractivity contribution in [3.8, 4) is 0 Å². The SMILES string of the molecule is O=C(O)CC[C@H](NS(=O)(=O)c1cc(F)ccc1F)C(=O)O. The minimum Gasteiger partial charge on any atom is -0.481 e. The number of hydrogen-bond acceptors (Lipinski definition) is 4. The first kappa shape index (κ1) is 17.0. The number of halogens is 2. The molecule has 0 unspecified atom stereocenters. The van der Waals surface area contributed by atoms with Crippen molar-refractivity contribution >= 4 is 22.0 Å². The van der Waals surface area contributed by atoms with Crippen LogP contribution in [0.25, 0.3) is 0 Å². The predicted octanol–water partition coefficient (Wildman–Crippen LogP) is 0.561. The van der Waals surface area contributed by atoms with E-state index in [1.54, 1.807) is 4.72 Å². The van der Waals surface area contributed by atoms with Gasteiger partial charge in [0.15, 0.2) is 0 Å². The summed E-state index contributed by atoms with van der Waals surface area (Å²) in [6.07, 6.45) is -1.15. The zero-order valence-corrected chi connectivity index (χ0v) is 11.2. The largest absolute Gasteiger partial charge is 0.481 e. The van der Waals surface area contributed by atoms with E-state index in [1.165, 1.54) is 0 Å². The zero-order valence-electron chi connectivity index (χ0n) is 10.4. The molecule has 0 spiro atoms. The van der Waals surface area contributed by atoms with E-state index in [4.69, 9.17) is 10.2 Å². The molecule has 0 aliphatic rings. The second kappa shape index (κ2) is 6.59. The van der Waals surface area contributed by atoms with Crippen molar-refractivity contribution in [2.24, 2.45) is 0 Å². The van der Waals surface area contributed by atoms with Crippen molar-refractivity contribution in [2.45, 2.75) is 23.8 Å².